The Morgan fingerprint density at radius 2 is 0.873 bits per heavy atom. The fourth-order valence-electron chi connectivity index (χ4n) is 5.06. The van der Waals surface area contributed by atoms with Gasteiger partial charge in [-0.15, -0.1) is 0 Å². The predicted molar refractivity (Wildman–Crippen MR) is 264 cm³/mol. The van der Waals surface area contributed by atoms with E-state index in [9.17, 15) is 49.5 Å². The highest BCUT2D eigenvalue weighted by Gasteiger charge is 2.16. The van der Waals surface area contributed by atoms with E-state index in [2.05, 4.69) is 61.1 Å². The van der Waals surface area contributed by atoms with Crippen molar-refractivity contribution >= 4 is 116 Å². The molecule has 8 heterocycles. The second-order valence-corrected chi connectivity index (χ2v) is 18.1. The van der Waals surface area contributed by atoms with E-state index in [1.807, 2.05) is 12.1 Å². The molecule has 4 N–H and O–H groups in total. The number of hydrogen-bond acceptors (Lipinski definition) is 22. The quantitative estimate of drug-likeness (QED) is 0.0533. The van der Waals surface area contributed by atoms with E-state index in [0.29, 0.717) is 21.6 Å². The predicted octanol–water partition coefficient (Wildman–Crippen LogP) is 7.65. The van der Waals surface area contributed by atoms with E-state index in [-0.39, 0.29) is 79.7 Å². The number of halogens is 1. The van der Waals surface area contributed by atoms with Gasteiger partial charge in [0.1, 0.15) is 22.9 Å². The van der Waals surface area contributed by atoms with Crippen molar-refractivity contribution in [3.63, 3.8) is 0 Å². The number of anilines is 4. The number of nitrogens with one attached hydrogen (secondary N) is 4. The third-order valence-corrected chi connectivity index (χ3v) is 11.7. The lowest BCUT2D eigenvalue weighted by Gasteiger charge is -2.01. The van der Waals surface area contributed by atoms with E-state index in [1.165, 1.54) is 17.5 Å². The molecule has 4 amide bonds. The first-order valence-electron chi connectivity index (χ1n) is 19.9. The Bertz CT molecular complexity index is 2920. The van der Waals surface area contributed by atoms with Crippen molar-refractivity contribution in [1.29, 1.82) is 0 Å². The number of aromatic nitrogens is 8. The largest absolute Gasteiger partial charge is 0.345 e. The Hall–Kier alpha value is -8.51. The summed E-state index contributed by atoms with van der Waals surface area (Å²) in [5.41, 5.74) is 3.22. The van der Waals surface area contributed by atoms with Crippen LogP contribution in [0.25, 0.3) is 0 Å². The fraction of sp³-hybridized carbons (Fsp3) is 0.122. The molecule has 0 saturated heterocycles. The Balaban J connectivity index is 0.000000176. The second kappa shape index (κ2) is 28.1. The van der Waals surface area contributed by atoms with Gasteiger partial charge in [0.25, 0.3) is 0 Å². The number of carbonyl (C=O) groups is 4. The van der Waals surface area contributed by atoms with E-state index in [1.54, 1.807) is 85.8 Å². The van der Waals surface area contributed by atoms with Gasteiger partial charge in [-0.05, 0) is 87.5 Å². The van der Waals surface area contributed by atoms with Crippen molar-refractivity contribution in [3.8, 4) is 0 Å². The number of nitrogens with zero attached hydrogens (tertiary/aromatic N) is 11. The van der Waals surface area contributed by atoms with Crippen molar-refractivity contribution in [1.82, 2.24) is 39.9 Å². The first-order chi connectivity index (χ1) is 34.2. The van der Waals surface area contributed by atoms with Gasteiger partial charge in [-0.25, -0.2) is 19.9 Å². The van der Waals surface area contributed by atoms with Crippen molar-refractivity contribution in [2.24, 2.45) is 0 Å². The number of carbonyl (C=O) groups excluding carboxylic acids is 4. The standard InChI is InChI=1S/C11H10N4O3S.C10H8ClN3OS.2C10H8N4O3S/c16-9(4-3-8-2-1-5-12-6-8)14-11-13-7-10(19-11)15(17)18;11-8-6-13-10(16-8)14-9(15)4-7-2-1-3-12-5-7;15-8(4-7-2-1-3-11-5-7)13-10-12-6-9(18-10)14(16)17;15-8(5-7-3-1-2-4-11-7)13-10-12-6-9(18-10)14(16)17/h1-2,5-7H,3-4H2,(H,13,14,16);1-3,5-6H,4H2,(H,13,14,15);1-3,5-6H,4H2,(H,12,13,15);1-4,6H,5H2,(H,12,13,15). The normalized spacial score (nSPS) is 10.0. The molecule has 8 rings (SSSR count). The number of pyridine rings is 4. The van der Waals surface area contributed by atoms with E-state index >= 15 is 0 Å². The summed E-state index contributed by atoms with van der Waals surface area (Å²) in [6, 6.07) is 16.1. The lowest BCUT2D eigenvalue weighted by atomic mass is 10.1. The van der Waals surface area contributed by atoms with Gasteiger partial charge < -0.3 is 21.3 Å². The highest BCUT2D eigenvalue weighted by molar-refractivity contribution is 7.20. The summed E-state index contributed by atoms with van der Waals surface area (Å²) < 4.78 is 0.552. The lowest BCUT2D eigenvalue weighted by molar-refractivity contribution is -0.380. The maximum Gasteiger partial charge on any atom is 0.345 e. The van der Waals surface area contributed by atoms with Crippen LogP contribution in [-0.2, 0) is 44.9 Å². The molecule has 8 aromatic heterocycles. The molecule has 0 aromatic carbocycles. The molecule has 0 aliphatic carbocycles. The maximum absolute atomic E-state index is 11.6. The van der Waals surface area contributed by atoms with Crippen LogP contribution in [0.15, 0.2) is 123 Å². The second-order valence-electron chi connectivity index (χ2n) is 13.4. The van der Waals surface area contributed by atoms with Gasteiger partial charge in [0.05, 0.1) is 40.2 Å². The monoisotopic (exact) mass is 1060 g/mol. The lowest BCUT2D eigenvalue weighted by Crippen LogP contribution is -2.14. The number of hydrogen-bond donors (Lipinski definition) is 4. The number of amides is 4. The van der Waals surface area contributed by atoms with Crippen LogP contribution in [0.3, 0.4) is 0 Å². The molecular weight excluding hydrogens is 1030 g/mol. The van der Waals surface area contributed by atoms with Crippen LogP contribution in [0.1, 0.15) is 28.8 Å². The zero-order chi connectivity index (χ0) is 51.0. The average Bonchev–Trinajstić information content (AvgIpc) is 4.20. The minimum absolute atomic E-state index is 0.0949. The molecule has 0 aliphatic heterocycles. The smallest absolute Gasteiger partial charge is 0.302 e. The van der Waals surface area contributed by atoms with Gasteiger partial charge in [-0.2, -0.15) is 0 Å². The molecule has 0 aliphatic rings. The number of thiazole rings is 4. The van der Waals surface area contributed by atoms with Crippen molar-refractivity contribution < 1.29 is 33.9 Å². The highest BCUT2D eigenvalue weighted by Crippen LogP contribution is 2.27. The van der Waals surface area contributed by atoms with E-state index in [0.717, 1.165) is 69.3 Å². The molecule has 8 aromatic rings. The summed E-state index contributed by atoms with van der Waals surface area (Å²) in [5, 5.41) is 42.4. The van der Waals surface area contributed by atoms with Gasteiger partial charge in [0.15, 0.2) is 20.5 Å². The Labute approximate surface area is 421 Å². The SMILES string of the molecule is O=C(CCc1cccnc1)Nc1ncc([N+](=O)[O-])s1.O=C(Cc1ccccn1)Nc1ncc([N+](=O)[O-])s1.O=C(Cc1cccnc1)Nc1ncc(Cl)s1.O=C(Cc1cccnc1)Nc1ncc([N+](=O)[O-])s1. The van der Waals surface area contributed by atoms with Crippen LogP contribution >= 0.6 is 56.9 Å². The average molecular weight is 1060 g/mol. The molecule has 0 unspecified atom stereocenters. The van der Waals surface area contributed by atoms with Crippen LogP contribution in [0.2, 0.25) is 4.34 Å². The van der Waals surface area contributed by atoms with Crippen LogP contribution in [0.5, 0.6) is 0 Å². The molecule has 0 atom stereocenters. The van der Waals surface area contributed by atoms with Crippen LogP contribution < -0.4 is 21.3 Å². The van der Waals surface area contributed by atoms with Gasteiger partial charge in [0, 0.05) is 55.5 Å². The molecule has 25 nitrogen and oxygen atoms in total. The third-order valence-electron chi connectivity index (χ3n) is 8.09. The van der Waals surface area contributed by atoms with Crippen molar-refractivity contribution in [3.05, 3.63) is 180 Å². The fourth-order valence-corrected chi connectivity index (χ4v) is 7.83. The van der Waals surface area contributed by atoms with Gasteiger partial charge >= 0.3 is 15.0 Å². The number of nitro groups is 3. The summed E-state index contributed by atoms with van der Waals surface area (Å²) in [4.78, 5) is 107. The molecular formula is C41H34ClN15O10S4. The molecule has 364 valence electrons. The summed E-state index contributed by atoms with van der Waals surface area (Å²) in [6.45, 7) is 0. The minimum atomic E-state index is -0.550. The Morgan fingerprint density at radius 3 is 1.24 bits per heavy atom. The van der Waals surface area contributed by atoms with Gasteiger partial charge in [-0.1, -0.05) is 47.2 Å². The Kier molecular flexibility index (Phi) is 21.1. The number of rotatable bonds is 16. The van der Waals surface area contributed by atoms with Crippen LogP contribution in [0, 0.1) is 30.3 Å². The van der Waals surface area contributed by atoms with E-state index < -0.39 is 14.8 Å². The Morgan fingerprint density at radius 1 is 0.465 bits per heavy atom. The van der Waals surface area contributed by atoms with Crippen LogP contribution in [0.4, 0.5) is 35.5 Å². The molecule has 0 spiro atoms. The molecule has 0 radical (unpaired) electrons. The molecule has 0 bridgehead atoms. The van der Waals surface area contributed by atoms with E-state index in [4.69, 9.17) is 11.6 Å². The molecule has 30 heteroatoms. The molecule has 0 fully saturated rings. The zero-order valence-corrected chi connectivity index (χ0v) is 40.1. The first-order valence-corrected chi connectivity index (χ1v) is 23.5. The topological polar surface area (TPSA) is 349 Å². The summed E-state index contributed by atoms with van der Waals surface area (Å²) in [6.07, 6.45) is 17.7. The third kappa shape index (κ3) is 19.9. The van der Waals surface area contributed by atoms with Gasteiger partial charge in [0.2, 0.25) is 23.6 Å². The maximum atomic E-state index is 11.6. The molecule has 0 saturated carbocycles. The summed E-state index contributed by atoms with van der Waals surface area (Å²) in [5.74, 6) is -0.947. The zero-order valence-electron chi connectivity index (χ0n) is 36.1. The minimum Gasteiger partial charge on any atom is -0.302 e. The van der Waals surface area contributed by atoms with Crippen LogP contribution in [-0.4, -0.2) is 78.3 Å². The van der Waals surface area contributed by atoms with Crippen molar-refractivity contribution in [2.45, 2.75) is 32.1 Å². The summed E-state index contributed by atoms with van der Waals surface area (Å²) >= 11 is 9.41. The summed E-state index contributed by atoms with van der Waals surface area (Å²) in [7, 11) is 0. The van der Waals surface area contributed by atoms with Gasteiger partial charge in [-0.3, -0.25) is 69.5 Å². The van der Waals surface area contributed by atoms with Crippen molar-refractivity contribution in [2.75, 3.05) is 21.3 Å². The molecule has 71 heavy (non-hydrogen) atoms. The first kappa shape index (κ1) is 53.4. The number of aryl methyl sites for hydroxylation is 1. The highest BCUT2D eigenvalue weighted by atomic mass is 35.5.